The van der Waals surface area contributed by atoms with Crippen molar-refractivity contribution in [3.63, 3.8) is 0 Å². The van der Waals surface area contributed by atoms with Crippen LogP contribution in [0.5, 0.6) is 28.7 Å². The second-order valence-corrected chi connectivity index (χ2v) is 9.23. The van der Waals surface area contributed by atoms with Gasteiger partial charge in [-0.1, -0.05) is 12.1 Å². The van der Waals surface area contributed by atoms with Crippen molar-refractivity contribution in [1.29, 1.82) is 0 Å². The van der Waals surface area contributed by atoms with E-state index in [9.17, 15) is 0 Å². The maximum absolute atomic E-state index is 5.83. The average Bonchev–Trinajstić information content (AvgIpc) is 3.38. The Hall–Kier alpha value is -3.20. The SMILES string of the molecule is COc1ccc(CCCc2c3[n+](cc4c(OC)c(OC)ccc24)CCc2cc4c(cc2-3)OCO4)cc1.[I-]. The van der Waals surface area contributed by atoms with Gasteiger partial charge in [0.25, 0.3) is 0 Å². The molecule has 0 unspecified atom stereocenters. The minimum Gasteiger partial charge on any atom is -1.00 e. The molecule has 0 aliphatic carbocycles. The van der Waals surface area contributed by atoms with Gasteiger partial charge in [-0.2, -0.15) is 4.57 Å². The number of fused-ring (bicyclic) bond motifs is 5. The molecule has 6 rings (SSSR count). The molecule has 1 aromatic heterocycles. The highest BCUT2D eigenvalue weighted by Crippen LogP contribution is 2.43. The molecule has 6 nitrogen and oxygen atoms in total. The summed E-state index contributed by atoms with van der Waals surface area (Å²) in [5.41, 5.74) is 6.41. The minimum atomic E-state index is 0. The van der Waals surface area contributed by atoms with Gasteiger partial charge in [-0.25, -0.2) is 0 Å². The maximum Gasteiger partial charge on any atom is 0.231 e. The van der Waals surface area contributed by atoms with Crippen LogP contribution in [0.4, 0.5) is 0 Å². The van der Waals surface area contributed by atoms with Crippen LogP contribution in [0.3, 0.4) is 0 Å². The smallest absolute Gasteiger partial charge is 0.231 e. The van der Waals surface area contributed by atoms with Crippen LogP contribution in [0.15, 0.2) is 54.7 Å². The first-order valence-corrected chi connectivity index (χ1v) is 12.4. The number of ether oxygens (including phenoxy) is 5. The fourth-order valence-electron chi connectivity index (χ4n) is 5.52. The van der Waals surface area contributed by atoms with E-state index in [1.807, 2.05) is 18.2 Å². The average molecular weight is 611 g/mol. The van der Waals surface area contributed by atoms with Gasteiger partial charge in [0.2, 0.25) is 12.5 Å². The van der Waals surface area contributed by atoms with Crippen molar-refractivity contribution in [1.82, 2.24) is 0 Å². The summed E-state index contributed by atoms with van der Waals surface area (Å²) < 4.78 is 30.6. The van der Waals surface area contributed by atoms with E-state index < -0.39 is 0 Å². The van der Waals surface area contributed by atoms with Gasteiger partial charge in [0.15, 0.2) is 35.7 Å². The van der Waals surface area contributed by atoms with Crippen LogP contribution in [0.1, 0.15) is 23.1 Å². The van der Waals surface area contributed by atoms with E-state index >= 15 is 0 Å². The molecule has 4 aromatic rings. The lowest BCUT2D eigenvalue weighted by atomic mass is 9.89. The largest absolute Gasteiger partial charge is 1.00 e. The molecule has 0 atom stereocenters. The first-order chi connectivity index (χ1) is 17.7. The molecule has 3 aromatic carbocycles. The lowest BCUT2D eigenvalue weighted by Gasteiger charge is -2.21. The predicted octanol–water partition coefficient (Wildman–Crippen LogP) is 2.28. The molecule has 0 spiro atoms. The summed E-state index contributed by atoms with van der Waals surface area (Å²) in [5, 5.41) is 2.27. The number of aryl methyl sites for hydroxylation is 4. The normalized spacial score (nSPS) is 12.9. The quantitative estimate of drug-likeness (QED) is 0.237. The van der Waals surface area contributed by atoms with Crippen molar-refractivity contribution in [2.75, 3.05) is 28.1 Å². The Balaban J connectivity index is 0.00000280. The topological polar surface area (TPSA) is 50.0 Å². The number of methoxy groups -OCH3 is 3. The van der Waals surface area contributed by atoms with E-state index in [0.29, 0.717) is 0 Å². The Kier molecular flexibility index (Phi) is 7.33. The van der Waals surface area contributed by atoms with E-state index in [4.69, 9.17) is 23.7 Å². The zero-order valence-corrected chi connectivity index (χ0v) is 23.5. The minimum absolute atomic E-state index is 0. The zero-order valence-electron chi connectivity index (χ0n) is 21.3. The molecule has 2 aliphatic rings. The first kappa shape index (κ1) is 25.4. The third-order valence-corrected chi connectivity index (χ3v) is 7.29. The molecular weight excluding hydrogens is 581 g/mol. The molecule has 0 amide bonds. The van der Waals surface area contributed by atoms with Crippen LogP contribution in [0, 0.1) is 0 Å². The van der Waals surface area contributed by atoms with Crippen LogP contribution in [0.2, 0.25) is 0 Å². The van der Waals surface area contributed by atoms with E-state index in [-0.39, 0.29) is 30.8 Å². The van der Waals surface area contributed by atoms with Crippen molar-refractivity contribution in [3.05, 3.63) is 71.4 Å². The Labute approximate surface area is 234 Å². The van der Waals surface area contributed by atoms with Crippen molar-refractivity contribution in [2.45, 2.75) is 32.2 Å². The number of rotatable bonds is 7. The maximum atomic E-state index is 5.83. The van der Waals surface area contributed by atoms with Gasteiger partial charge < -0.3 is 47.7 Å². The molecule has 7 heteroatoms. The summed E-state index contributed by atoms with van der Waals surface area (Å²) in [4.78, 5) is 0. The van der Waals surface area contributed by atoms with Crippen molar-refractivity contribution in [2.24, 2.45) is 0 Å². The highest BCUT2D eigenvalue weighted by molar-refractivity contribution is 5.95. The highest BCUT2D eigenvalue weighted by Gasteiger charge is 2.32. The Morgan fingerprint density at radius 1 is 0.838 bits per heavy atom. The van der Waals surface area contributed by atoms with Crippen LogP contribution >= 0.6 is 0 Å². The summed E-state index contributed by atoms with van der Waals surface area (Å²) in [7, 11) is 5.09. The van der Waals surface area contributed by atoms with Crippen molar-refractivity contribution >= 4 is 10.8 Å². The summed E-state index contributed by atoms with van der Waals surface area (Å²) in [6.07, 6.45) is 6.09. The van der Waals surface area contributed by atoms with Crippen LogP contribution in [0.25, 0.3) is 22.0 Å². The fourth-order valence-corrected chi connectivity index (χ4v) is 5.52. The van der Waals surface area contributed by atoms with E-state index in [1.165, 1.54) is 33.3 Å². The second kappa shape index (κ2) is 10.7. The summed E-state index contributed by atoms with van der Waals surface area (Å²) >= 11 is 0. The molecule has 37 heavy (non-hydrogen) atoms. The number of aromatic nitrogens is 1. The molecule has 3 heterocycles. The molecule has 0 bridgehead atoms. The molecule has 2 aliphatic heterocycles. The molecular formula is C30H30INO5. The van der Waals surface area contributed by atoms with Crippen molar-refractivity contribution < 1.29 is 52.2 Å². The molecule has 0 N–H and O–H groups in total. The molecule has 0 saturated carbocycles. The Bertz CT molecular complexity index is 1450. The predicted molar refractivity (Wildman–Crippen MR) is 138 cm³/mol. The van der Waals surface area contributed by atoms with Gasteiger partial charge in [0.05, 0.1) is 32.3 Å². The molecule has 0 saturated heterocycles. The zero-order chi connectivity index (χ0) is 24.6. The lowest BCUT2D eigenvalue weighted by molar-refractivity contribution is -0.686. The van der Waals surface area contributed by atoms with E-state index in [1.54, 1.807) is 21.3 Å². The van der Waals surface area contributed by atoms with E-state index in [0.717, 1.165) is 66.4 Å². The Morgan fingerprint density at radius 2 is 1.62 bits per heavy atom. The standard InChI is InChI=1S/C30H30NO5.HI/c1-32-21-9-7-19(8-10-21)5-4-6-23-22-11-12-26(33-2)30(34-3)25(22)17-31-14-13-20-15-27-28(36-18-35-27)16-24(20)29(23)31;/h7-12,15-17H,4-6,13-14,18H2,1-3H3;1H/q+1;/p-1. The number of benzene rings is 3. The van der Waals surface area contributed by atoms with Crippen LogP contribution in [-0.2, 0) is 25.8 Å². The van der Waals surface area contributed by atoms with Gasteiger partial charge in [-0.3, -0.25) is 0 Å². The first-order valence-electron chi connectivity index (χ1n) is 12.4. The number of halogens is 1. The summed E-state index contributed by atoms with van der Waals surface area (Å²) in [6.45, 7) is 1.17. The third-order valence-electron chi connectivity index (χ3n) is 7.29. The number of hydrogen-bond acceptors (Lipinski definition) is 5. The second-order valence-electron chi connectivity index (χ2n) is 9.23. The van der Waals surface area contributed by atoms with Crippen LogP contribution in [-0.4, -0.2) is 28.1 Å². The monoisotopic (exact) mass is 611 g/mol. The van der Waals surface area contributed by atoms with Crippen LogP contribution < -0.4 is 52.2 Å². The summed E-state index contributed by atoms with van der Waals surface area (Å²) in [5.74, 6) is 4.07. The molecule has 0 radical (unpaired) electrons. The van der Waals surface area contributed by atoms with Gasteiger partial charge in [-0.05, 0) is 66.8 Å². The van der Waals surface area contributed by atoms with Gasteiger partial charge in [-0.15, -0.1) is 0 Å². The van der Waals surface area contributed by atoms with Crippen molar-refractivity contribution in [3.8, 4) is 40.0 Å². The summed E-state index contributed by atoms with van der Waals surface area (Å²) in [6, 6.07) is 16.8. The van der Waals surface area contributed by atoms with E-state index in [2.05, 4.69) is 41.1 Å². The number of nitrogens with zero attached hydrogens (tertiary/aromatic N) is 1. The van der Waals surface area contributed by atoms with Gasteiger partial charge in [0, 0.05) is 17.4 Å². The van der Waals surface area contributed by atoms with Gasteiger partial charge >= 0.3 is 0 Å². The number of hydrogen-bond donors (Lipinski definition) is 0. The Morgan fingerprint density at radius 3 is 2.35 bits per heavy atom. The third kappa shape index (κ3) is 4.54. The lowest BCUT2D eigenvalue weighted by Crippen LogP contribution is -3.00. The van der Waals surface area contributed by atoms with Gasteiger partial charge in [0.1, 0.15) is 5.75 Å². The molecule has 0 fully saturated rings. The molecule has 192 valence electrons. The highest BCUT2D eigenvalue weighted by atomic mass is 127. The number of pyridine rings is 1. The fraction of sp³-hybridized carbons (Fsp3) is 0.300.